The predicted molar refractivity (Wildman–Crippen MR) is 96.9 cm³/mol. The van der Waals surface area contributed by atoms with E-state index in [1.165, 1.54) is 17.3 Å². The van der Waals surface area contributed by atoms with Gasteiger partial charge in [0, 0.05) is 48.1 Å². The smallest absolute Gasteiger partial charge is 0.133 e. The Morgan fingerprint density at radius 2 is 1.95 bits per heavy atom. The first-order valence-corrected chi connectivity index (χ1v) is 10.1. The van der Waals surface area contributed by atoms with Gasteiger partial charge in [0.15, 0.2) is 0 Å². The number of hydrogen-bond donors (Lipinski definition) is 2. The van der Waals surface area contributed by atoms with E-state index in [0.717, 1.165) is 49.8 Å². The second-order valence-corrected chi connectivity index (χ2v) is 7.74. The Hall–Kier alpha value is -0.620. The van der Waals surface area contributed by atoms with Gasteiger partial charge < -0.3 is 10.6 Å². The molecule has 2 heterocycles. The minimum atomic E-state index is 0.695. The Balaban J connectivity index is 1.96. The second-order valence-electron chi connectivity index (χ2n) is 5.18. The summed E-state index contributed by atoms with van der Waals surface area (Å²) in [6, 6.07) is 2.04. The predicted octanol–water partition coefficient (Wildman–Crippen LogP) is 3.51. The highest BCUT2D eigenvalue weighted by molar-refractivity contribution is 8.06. The van der Waals surface area contributed by atoms with Gasteiger partial charge in [-0.05, 0) is 12.8 Å². The summed E-state index contributed by atoms with van der Waals surface area (Å²) in [4.78, 5) is 9.22. The molecule has 0 aliphatic carbocycles. The fraction of sp³-hybridized carbons (Fsp3) is 0.733. The average Bonchev–Trinajstić information content (AvgIpc) is 2.52. The van der Waals surface area contributed by atoms with Crippen LogP contribution in [0, 0.1) is 0 Å². The molecule has 21 heavy (non-hydrogen) atoms. The zero-order valence-corrected chi connectivity index (χ0v) is 14.7. The molecule has 0 bridgehead atoms. The Morgan fingerprint density at radius 3 is 2.62 bits per heavy atom. The number of nitrogens with zero attached hydrogens (tertiary/aromatic N) is 2. The van der Waals surface area contributed by atoms with Crippen molar-refractivity contribution in [2.45, 2.75) is 38.4 Å². The summed E-state index contributed by atoms with van der Waals surface area (Å²) in [6.07, 6.45) is 3.11. The summed E-state index contributed by atoms with van der Waals surface area (Å²) in [5.74, 6) is 6.65. The van der Waals surface area contributed by atoms with E-state index in [-0.39, 0.29) is 0 Å². The molecule has 118 valence electrons. The van der Waals surface area contributed by atoms with Crippen LogP contribution in [-0.2, 0) is 6.42 Å². The maximum atomic E-state index is 4.64. The quantitative estimate of drug-likeness (QED) is 0.762. The van der Waals surface area contributed by atoms with Gasteiger partial charge in [-0.25, -0.2) is 9.97 Å². The molecule has 6 heteroatoms. The SMILES string of the molecule is CCCNc1cc(NCC2CSCCS2)nc(CCC)n1. The molecule has 1 unspecified atom stereocenters. The van der Waals surface area contributed by atoms with Crippen molar-refractivity contribution in [2.75, 3.05) is 41.0 Å². The van der Waals surface area contributed by atoms with Gasteiger partial charge in [-0.1, -0.05) is 13.8 Å². The molecule has 1 atom stereocenters. The van der Waals surface area contributed by atoms with E-state index in [2.05, 4.69) is 58.0 Å². The summed E-state index contributed by atoms with van der Waals surface area (Å²) in [5, 5.41) is 7.57. The molecular weight excluding hydrogens is 300 g/mol. The third-order valence-electron chi connectivity index (χ3n) is 3.20. The number of aromatic nitrogens is 2. The largest absolute Gasteiger partial charge is 0.370 e. The molecule has 0 spiro atoms. The minimum absolute atomic E-state index is 0.695. The molecule has 0 saturated carbocycles. The highest BCUT2D eigenvalue weighted by Gasteiger charge is 2.14. The van der Waals surface area contributed by atoms with Gasteiger partial charge in [-0.3, -0.25) is 0 Å². The summed E-state index contributed by atoms with van der Waals surface area (Å²) < 4.78 is 0. The van der Waals surface area contributed by atoms with Crippen LogP contribution in [0.4, 0.5) is 11.6 Å². The van der Waals surface area contributed by atoms with Gasteiger partial charge in [0.1, 0.15) is 17.5 Å². The Bertz CT molecular complexity index is 422. The normalized spacial score (nSPS) is 18.5. The van der Waals surface area contributed by atoms with Crippen molar-refractivity contribution < 1.29 is 0 Å². The van der Waals surface area contributed by atoms with Gasteiger partial charge in [-0.2, -0.15) is 23.5 Å². The van der Waals surface area contributed by atoms with E-state index in [0.29, 0.717) is 5.25 Å². The summed E-state index contributed by atoms with van der Waals surface area (Å²) in [5.41, 5.74) is 0. The fourth-order valence-corrected chi connectivity index (χ4v) is 4.75. The maximum absolute atomic E-state index is 4.64. The number of hydrogen-bond acceptors (Lipinski definition) is 6. The zero-order chi connectivity index (χ0) is 14.9. The Morgan fingerprint density at radius 1 is 1.14 bits per heavy atom. The van der Waals surface area contributed by atoms with Gasteiger partial charge in [0.2, 0.25) is 0 Å². The van der Waals surface area contributed by atoms with Crippen molar-refractivity contribution in [3.8, 4) is 0 Å². The van der Waals surface area contributed by atoms with E-state index in [4.69, 9.17) is 0 Å². The highest BCUT2D eigenvalue weighted by Crippen LogP contribution is 2.24. The fourth-order valence-electron chi connectivity index (χ4n) is 2.14. The van der Waals surface area contributed by atoms with Crippen LogP contribution in [-0.4, -0.2) is 45.6 Å². The van der Waals surface area contributed by atoms with Crippen LogP contribution < -0.4 is 10.6 Å². The maximum Gasteiger partial charge on any atom is 0.133 e. The number of anilines is 2. The van der Waals surface area contributed by atoms with E-state index in [1.54, 1.807) is 0 Å². The van der Waals surface area contributed by atoms with Crippen molar-refractivity contribution in [3.63, 3.8) is 0 Å². The molecular formula is C15H26N4S2. The minimum Gasteiger partial charge on any atom is -0.370 e. The number of rotatable bonds is 8. The van der Waals surface area contributed by atoms with E-state index >= 15 is 0 Å². The molecule has 1 aromatic heterocycles. The van der Waals surface area contributed by atoms with Crippen LogP contribution in [0.1, 0.15) is 32.5 Å². The highest BCUT2D eigenvalue weighted by atomic mass is 32.2. The van der Waals surface area contributed by atoms with Crippen molar-refractivity contribution in [3.05, 3.63) is 11.9 Å². The molecule has 2 N–H and O–H groups in total. The average molecular weight is 327 g/mol. The van der Waals surface area contributed by atoms with Crippen LogP contribution in [0.2, 0.25) is 0 Å². The summed E-state index contributed by atoms with van der Waals surface area (Å²) >= 11 is 4.13. The van der Waals surface area contributed by atoms with Gasteiger partial charge in [0.05, 0.1) is 0 Å². The van der Waals surface area contributed by atoms with Crippen LogP contribution in [0.25, 0.3) is 0 Å². The third-order valence-corrected chi connectivity index (χ3v) is 6.04. The second kappa shape index (κ2) is 9.41. The van der Waals surface area contributed by atoms with Crippen LogP contribution in [0.15, 0.2) is 6.07 Å². The first-order chi connectivity index (χ1) is 10.3. The lowest BCUT2D eigenvalue weighted by Gasteiger charge is -2.21. The number of thioether (sulfide) groups is 2. The van der Waals surface area contributed by atoms with Gasteiger partial charge in [-0.15, -0.1) is 0 Å². The van der Waals surface area contributed by atoms with Crippen LogP contribution in [0.5, 0.6) is 0 Å². The first-order valence-electron chi connectivity index (χ1n) is 7.86. The molecule has 2 rings (SSSR count). The molecule has 1 aliphatic rings. The summed E-state index contributed by atoms with van der Waals surface area (Å²) in [7, 11) is 0. The molecule has 0 amide bonds. The Kier molecular flexibility index (Phi) is 7.50. The van der Waals surface area contributed by atoms with Crippen LogP contribution in [0.3, 0.4) is 0 Å². The molecule has 1 fully saturated rings. The number of aryl methyl sites for hydroxylation is 1. The van der Waals surface area contributed by atoms with Crippen molar-refractivity contribution >= 4 is 35.2 Å². The summed E-state index contributed by atoms with van der Waals surface area (Å²) in [6.45, 7) is 6.28. The lowest BCUT2D eigenvalue weighted by atomic mass is 10.3. The monoisotopic (exact) mass is 326 g/mol. The van der Waals surface area contributed by atoms with E-state index < -0.39 is 0 Å². The Labute approximate surface area is 136 Å². The molecule has 4 nitrogen and oxygen atoms in total. The lowest BCUT2D eigenvalue weighted by Crippen LogP contribution is -2.23. The molecule has 1 aromatic rings. The third kappa shape index (κ3) is 5.94. The first kappa shape index (κ1) is 16.7. The van der Waals surface area contributed by atoms with Crippen LogP contribution >= 0.6 is 23.5 Å². The molecule has 1 aliphatic heterocycles. The van der Waals surface area contributed by atoms with Gasteiger partial charge in [0.25, 0.3) is 0 Å². The van der Waals surface area contributed by atoms with Crippen molar-refractivity contribution in [2.24, 2.45) is 0 Å². The topological polar surface area (TPSA) is 49.8 Å². The van der Waals surface area contributed by atoms with Crippen molar-refractivity contribution in [1.29, 1.82) is 0 Å². The van der Waals surface area contributed by atoms with E-state index in [9.17, 15) is 0 Å². The van der Waals surface area contributed by atoms with Gasteiger partial charge >= 0.3 is 0 Å². The van der Waals surface area contributed by atoms with Crippen molar-refractivity contribution in [1.82, 2.24) is 9.97 Å². The number of nitrogens with one attached hydrogen (secondary N) is 2. The molecule has 0 aromatic carbocycles. The lowest BCUT2D eigenvalue weighted by molar-refractivity contribution is 0.830. The van der Waals surface area contributed by atoms with E-state index in [1.807, 2.05) is 6.07 Å². The molecule has 1 saturated heterocycles. The molecule has 0 radical (unpaired) electrons. The zero-order valence-electron chi connectivity index (χ0n) is 13.0. The standard InChI is InChI=1S/C15H26N4S2/c1-3-5-13-18-14(16-6-4-2)9-15(19-13)17-10-12-11-20-7-8-21-12/h9,12H,3-8,10-11H2,1-2H3,(H2,16,17,18,19).